The Morgan fingerprint density at radius 3 is 2.94 bits per heavy atom. The molecule has 0 spiro atoms. The highest BCUT2D eigenvalue weighted by atomic mass is 16.3. The van der Waals surface area contributed by atoms with Gasteiger partial charge in [0.25, 0.3) is 0 Å². The van der Waals surface area contributed by atoms with Crippen molar-refractivity contribution < 1.29 is 4.42 Å². The van der Waals surface area contributed by atoms with Crippen LogP contribution in [0.5, 0.6) is 0 Å². The highest BCUT2D eigenvalue weighted by molar-refractivity contribution is 5.85. The van der Waals surface area contributed by atoms with Crippen LogP contribution in [0.3, 0.4) is 0 Å². The fraction of sp³-hybridized carbons (Fsp3) is 0.167. The largest absolute Gasteiger partial charge is 0.438 e. The smallest absolute Gasteiger partial charge is 0.220 e. The second-order valence-corrected chi connectivity index (χ2v) is 3.91. The lowest BCUT2D eigenvalue weighted by molar-refractivity contribution is 0.428. The highest BCUT2D eigenvalue weighted by Gasteiger charge is 2.16. The average molecular weight is 228 g/mol. The number of oxazole rings is 1. The maximum absolute atomic E-state index is 5.84. The summed E-state index contributed by atoms with van der Waals surface area (Å²) in [6.07, 6.45) is 3.61. The summed E-state index contributed by atoms with van der Waals surface area (Å²) in [5, 5.41) is 4.17. The van der Waals surface area contributed by atoms with E-state index in [2.05, 4.69) is 10.1 Å². The Morgan fingerprint density at radius 1 is 1.35 bits per heavy atom. The second kappa shape index (κ2) is 3.62. The van der Waals surface area contributed by atoms with Gasteiger partial charge in [-0.3, -0.25) is 4.68 Å². The first kappa shape index (κ1) is 9.89. The van der Waals surface area contributed by atoms with Crippen molar-refractivity contribution in [2.45, 2.75) is 13.0 Å². The van der Waals surface area contributed by atoms with E-state index in [0.717, 1.165) is 0 Å². The Bertz CT molecular complexity index is 642. The molecule has 0 fully saturated rings. The number of hydrogen-bond acceptors (Lipinski definition) is 4. The molecule has 3 aromatic rings. The molecule has 0 bridgehead atoms. The number of nitrogen functional groups attached to an aromatic ring is 1. The number of benzene rings is 1. The van der Waals surface area contributed by atoms with Gasteiger partial charge in [-0.15, -0.1) is 0 Å². The summed E-state index contributed by atoms with van der Waals surface area (Å²) in [5.41, 5.74) is 7.89. The number of nitrogens with two attached hydrogens (primary N) is 1. The van der Waals surface area contributed by atoms with Crippen LogP contribution in [0.25, 0.3) is 11.1 Å². The Morgan fingerprint density at radius 2 is 2.24 bits per heavy atom. The van der Waals surface area contributed by atoms with Crippen molar-refractivity contribution in [3.63, 3.8) is 0 Å². The van der Waals surface area contributed by atoms with E-state index in [-0.39, 0.29) is 6.04 Å². The molecule has 5 heteroatoms. The van der Waals surface area contributed by atoms with Crippen molar-refractivity contribution in [1.82, 2.24) is 14.8 Å². The second-order valence-electron chi connectivity index (χ2n) is 3.91. The Balaban J connectivity index is 2.10. The molecule has 0 aliphatic heterocycles. The lowest BCUT2D eigenvalue weighted by Gasteiger charge is -2.06. The van der Waals surface area contributed by atoms with Crippen LogP contribution in [0.15, 0.2) is 41.1 Å². The molecule has 0 saturated heterocycles. The highest BCUT2D eigenvalue weighted by Crippen LogP contribution is 2.25. The summed E-state index contributed by atoms with van der Waals surface area (Å²) < 4.78 is 7.48. The summed E-state index contributed by atoms with van der Waals surface area (Å²) in [5.74, 6) is 0.613. The van der Waals surface area contributed by atoms with Crippen LogP contribution < -0.4 is 5.73 Å². The minimum Gasteiger partial charge on any atom is -0.438 e. The number of nitrogens with zero attached hydrogens (tertiary/aromatic N) is 3. The quantitative estimate of drug-likeness (QED) is 0.683. The number of aromatic nitrogens is 3. The third kappa shape index (κ3) is 1.56. The zero-order chi connectivity index (χ0) is 11.8. The summed E-state index contributed by atoms with van der Waals surface area (Å²) in [7, 11) is 0. The van der Waals surface area contributed by atoms with Crippen molar-refractivity contribution >= 4 is 16.8 Å². The summed E-state index contributed by atoms with van der Waals surface area (Å²) in [6, 6.07) is 7.35. The number of fused-ring (bicyclic) bond motifs is 1. The van der Waals surface area contributed by atoms with Gasteiger partial charge in [-0.1, -0.05) is 6.07 Å². The van der Waals surface area contributed by atoms with Crippen LogP contribution in [0.2, 0.25) is 0 Å². The molecule has 1 aromatic carbocycles. The third-order valence-corrected chi connectivity index (χ3v) is 2.75. The standard InChI is InChI=1S/C12H12N4O/c1-8(16-7-3-6-14-16)12-15-11-9(13)4-2-5-10(11)17-12/h2-8H,13H2,1H3. The molecule has 0 amide bonds. The molecule has 0 radical (unpaired) electrons. The lowest BCUT2D eigenvalue weighted by Crippen LogP contribution is -2.07. The van der Waals surface area contributed by atoms with Gasteiger partial charge < -0.3 is 10.2 Å². The lowest BCUT2D eigenvalue weighted by atomic mass is 10.3. The van der Waals surface area contributed by atoms with Gasteiger partial charge in [-0.2, -0.15) is 5.10 Å². The maximum atomic E-state index is 5.84. The molecule has 86 valence electrons. The monoisotopic (exact) mass is 228 g/mol. The Labute approximate surface area is 97.9 Å². The van der Waals surface area contributed by atoms with Gasteiger partial charge in [0.1, 0.15) is 11.6 Å². The topological polar surface area (TPSA) is 69.9 Å². The first-order chi connectivity index (χ1) is 8.25. The van der Waals surface area contributed by atoms with Crippen LogP contribution in [-0.4, -0.2) is 14.8 Å². The van der Waals surface area contributed by atoms with Gasteiger partial charge >= 0.3 is 0 Å². The molecule has 17 heavy (non-hydrogen) atoms. The molecule has 2 heterocycles. The SMILES string of the molecule is CC(c1nc2c(N)cccc2o1)n1cccn1. The van der Waals surface area contributed by atoms with E-state index in [1.54, 1.807) is 10.9 Å². The van der Waals surface area contributed by atoms with E-state index in [0.29, 0.717) is 22.7 Å². The van der Waals surface area contributed by atoms with Gasteiger partial charge in [-0.05, 0) is 25.1 Å². The van der Waals surface area contributed by atoms with E-state index in [1.807, 2.05) is 37.4 Å². The average Bonchev–Trinajstić information content (AvgIpc) is 2.98. The predicted molar refractivity (Wildman–Crippen MR) is 64.5 cm³/mol. The number of rotatable bonds is 2. The fourth-order valence-electron chi connectivity index (χ4n) is 1.79. The Kier molecular flexibility index (Phi) is 2.11. The van der Waals surface area contributed by atoms with Crippen molar-refractivity contribution in [3.05, 3.63) is 42.5 Å². The number of hydrogen-bond donors (Lipinski definition) is 1. The van der Waals surface area contributed by atoms with Crippen LogP contribution in [-0.2, 0) is 0 Å². The van der Waals surface area contributed by atoms with Crippen molar-refractivity contribution in [2.75, 3.05) is 5.73 Å². The molecule has 2 N–H and O–H groups in total. The van der Waals surface area contributed by atoms with E-state index in [9.17, 15) is 0 Å². The normalized spacial score (nSPS) is 13.0. The minimum absolute atomic E-state index is 0.0446. The van der Waals surface area contributed by atoms with E-state index in [1.165, 1.54) is 0 Å². The molecule has 0 aliphatic rings. The molecular formula is C12H12N4O. The number of anilines is 1. The van der Waals surface area contributed by atoms with Crippen LogP contribution >= 0.6 is 0 Å². The fourth-order valence-corrected chi connectivity index (χ4v) is 1.79. The molecule has 1 unspecified atom stereocenters. The van der Waals surface area contributed by atoms with Crippen LogP contribution in [0.4, 0.5) is 5.69 Å². The summed E-state index contributed by atoms with van der Waals surface area (Å²) >= 11 is 0. The maximum Gasteiger partial charge on any atom is 0.220 e. The molecule has 2 aromatic heterocycles. The Hall–Kier alpha value is -2.30. The molecular weight excluding hydrogens is 216 g/mol. The van der Waals surface area contributed by atoms with Crippen LogP contribution in [0, 0.1) is 0 Å². The van der Waals surface area contributed by atoms with E-state index >= 15 is 0 Å². The van der Waals surface area contributed by atoms with Gasteiger partial charge in [0, 0.05) is 12.4 Å². The van der Waals surface area contributed by atoms with Crippen molar-refractivity contribution in [2.24, 2.45) is 0 Å². The zero-order valence-electron chi connectivity index (χ0n) is 9.37. The van der Waals surface area contributed by atoms with E-state index < -0.39 is 0 Å². The number of para-hydroxylation sites is 1. The van der Waals surface area contributed by atoms with Crippen LogP contribution in [0.1, 0.15) is 18.9 Å². The summed E-state index contributed by atoms with van der Waals surface area (Å²) in [4.78, 5) is 4.42. The van der Waals surface area contributed by atoms with Crippen molar-refractivity contribution in [1.29, 1.82) is 0 Å². The zero-order valence-corrected chi connectivity index (χ0v) is 9.37. The van der Waals surface area contributed by atoms with E-state index in [4.69, 9.17) is 10.2 Å². The molecule has 0 aliphatic carbocycles. The van der Waals surface area contributed by atoms with Gasteiger partial charge in [0.2, 0.25) is 5.89 Å². The molecule has 5 nitrogen and oxygen atoms in total. The third-order valence-electron chi connectivity index (χ3n) is 2.75. The van der Waals surface area contributed by atoms with Crippen molar-refractivity contribution in [3.8, 4) is 0 Å². The molecule has 1 atom stereocenters. The van der Waals surface area contributed by atoms with Gasteiger partial charge in [0.15, 0.2) is 5.58 Å². The minimum atomic E-state index is -0.0446. The first-order valence-corrected chi connectivity index (χ1v) is 5.40. The molecule has 3 rings (SSSR count). The molecule has 0 saturated carbocycles. The predicted octanol–water partition coefficient (Wildman–Crippen LogP) is 2.22. The van der Waals surface area contributed by atoms with Gasteiger partial charge in [-0.25, -0.2) is 4.98 Å². The van der Waals surface area contributed by atoms with Gasteiger partial charge in [0.05, 0.1) is 5.69 Å². The summed E-state index contributed by atoms with van der Waals surface area (Å²) in [6.45, 7) is 1.98. The first-order valence-electron chi connectivity index (χ1n) is 5.40.